The molecule has 100 valence electrons. The predicted molar refractivity (Wildman–Crippen MR) is 73.4 cm³/mol. The Morgan fingerprint density at radius 2 is 1.72 bits per heavy atom. The van der Waals surface area contributed by atoms with Gasteiger partial charge in [-0.1, -0.05) is 37.5 Å². The standard InChI is InChI=1S/C14H21NO2S/c1-15-14(10-6-3-7-11-14)12-18(16,17)13-8-4-2-5-9-13/h2,4-5,8-9,15H,3,6-7,10-12H2,1H3. The third-order valence-corrected chi connectivity index (χ3v) is 5.83. The van der Waals surface area contributed by atoms with Gasteiger partial charge in [-0.3, -0.25) is 0 Å². The Balaban J connectivity index is 2.21. The SMILES string of the molecule is CNC1(CS(=O)(=O)c2ccccc2)CCCCC1. The summed E-state index contributed by atoms with van der Waals surface area (Å²) in [5, 5.41) is 3.26. The Morgan fingerprint density at radius 1 is 1.11 bits per heavy atom. The fourth-order valence-corrected chi connectivity index (χ4v) is 4.67. The summed E-state index contributed by atoms with van der Waals surface area (Å²) in [6.07, 6.45) is 5.36. The molecular weight excluding hydrogens is 246 g/mol. The molecule has 18 heavy (non-hydrogen) atoms. The molecule has 1 aromatic carbocycles. The lowest BCUT2D eigenvalue weighted by molar-refractivity contribution is 0.273. The van der Waals surface area contributed by atoms with Crippen LogP contribution in [0.2, 0.25) is 0 Å². The van der Waals surface area contributed by atoms with E-state index in [0.29, 0.717) is 4.90 Å². The van der Waals surface area contributed by atoms with E-state index in [-0.39, 0.29) is 11.3 Å². The first-order chi connectivity index (χ1) is 8.58. The molecule has 4 heteroatoms. The smallest absolute Gasteiger partial charge is 0.180 e. The Morgan fingerprint density at radius 3 is 2.28 bits per heavy atom. The molecule has 1 N–H and O–H groups in total. The maximum atomic E-state index is 12.4. The molecule has 1 aromatic rings. The van der Waals surface area contributed by atoms with Crippen molar-refractivity contribution in [3.05, 3.63) is 30.3 Å². The second-order valence-electron chi connectivity index (χ2n) is 5.16. The topological polar surface area (TPSA) is 46.2 Å². The summed E-state index contributed by atoms with van der Waals surface area (Å²) < 4.78 is 24.8. The van der Waals surface area contributed by atoms with Gasteiger partial charge in [0.25, 0.3) is 0 Å². The van der Waals surface area contributed by atoms with E-state index in [1.165, 1.54) is 6.42 Å². The Hall–Kier alpha value is -0.870. The van der Waals surface area contributed by atoms with Crippen molar-refractivity contribution in [2.75, 3.05) is 12.8 Å². The van der Waals surface area contributed by atoms with E-state index in [0.717, 1.165) is 25.7 Å². The second kappa shape index (κ2) is 5.41. The van der Waals surface area contributed by atoms with Gasteiger partial charge in [-0.25, -0.2) is 8.42 Å². The summed E-state index contributed by atoms with van der Waals surface area (Å²) in [7, 11) is -1.31. The minimum atomic E-state index is -3.19. The first-order valence-corrected chi connectivity index (χ1v) is 8.20. The van der Waals surface area contributed by atoms with Crippen LogP contribution in [0, 0.1) is 0 Å². The summed E-state index contributed by atoms with van der Waals surface area (Å²) in [5.41, 5.74) is -0.229. The van der Waals surface area contributed by atoms with Gasteiger partial charge >= 0.3 is 0 Å². The molecule has 1 aliphatic rings. The van der Waals surface area contributed by atoms with Crippen molar-refractivity contribution in [1.29, 1.82) is 0 Å². The molecule has 0 spiro atoms. The lowest BCUT2D eigenvalue weighted by Crippen LogP contribution is -2.50. The molecule has 2 rings (SSSR count). The van der Waals surface area contributed by atoms with Gasteiger partial charge in [-0.15, -0.1) is 0 Å². The Bertz CT molecular complexity index is 476. The molecule has 1 saturated carbocycles. The van der Waals surface area contributed by atoms with Crippen LogP contribution in [0.15, 0.2) is 35.2 Å². The number of hydrogen-bond donors (Lipinski definition) is 1. The van der Waals surface area contributed by atoms with Gasteiger partial charge in [-0.05, 0) is 32.0 Å². The summed E-state index contributed by atoms with van der Waals surface area (Å²) in [6.45, 7) is 0. The molecule has 0 aliphatic heterocycles. The van der Waals surface area contributed by atoms with Crippen LogP contribution in [0.1, 0.15) is 32.1 Å². The maximum Gasteiger partial charge on any atom is 0.180 e. The monoisotopic (exact) mass is 267 g/mol. The zero-order valence-corrected chi connectivity index (χ0v) is 11.7. The second-order valence-corrected chi connectivity index (χ2v) is 7.15. The van der Waals surface area contributed by atoms with Crippen molar-refractivity contribution < 1.29 is 8.42 Å². The molecule has 0 atom stereocenters. The molecule has 3 nitrogen and oxygen atoms in total. The highest BCUT2D eigenvalue weighted by Gasteiger charge is 2.35. The molecule has 1 aliphatic carbocycles. The van der Waals surface area contributed by atoms with Crippen molar-refractivity contribution in [1.82, 2.24) is 5.32 Å². The van der Waals surface area contributed by atoms with Gasteiger partial charge in [0.05, 0.1) is 10.6 Å². The first kappa shape index (κ1) is 13.6. The van der Waals surface area contributed by atoms with E-state index >= 15 is 0 Å². The average Bonchev–Trinajstić information content (AvgIpc) is 2.40. The first-order valence-electron chi connectivity index (χ1n) is 6.55. The molecule has 0 amide bonds. The minimum Gasteiger partial charge on any atom is -0.313 e. The highest BCUT2D eigenvalue weighted by atomic mass is 32.2. The van der Waals surface area contributed by atoms with Crippen LogP contribution in [-0.4, -0.2) is 26.8 Å². The van der Waals surface area contributed by atoms with Crippen LogP contribution in [-0.2, 0) is 9.84 Å². The molecule has 0 aromatic heterocycles. The minimum absolute atomic E-state index is 0.209. The van der Waals surface area contributed by atoms with Gasteiger partial charge in [-0.2, -0.15) is 0 Å². The highest BCUT2D eigenvalue weighted by molar-refractivity contribution is 7.91. The van der Waals surface area contributed by atoms with E-state index in [1.807, 2.05) is 13.1 Å². The molecule has 0 saturated heterocycles. The van der Waals surface area contributed by atoms with Crippen molar-refractivity contribution in [2.45, 2.75) is 42.5 Å². The van der Waals surface area contributed by atoms with Gasteiger partial charge < -0.3 is 5.32 Å². The average molecular weight is 267 g/mol. The van der Waals surface area contributed by atoms with Crippen LogP contribution in [0.3, 0.4) is 0 Å². The number of nitrogens with one attached hydrogen (secondary N) is 1. The zero-order chi connectivity index (χ0) is 13.1. The van der Waals surface area contributed by atoms with Crippen LogP contribution < -0.4 is 5.32 Å². The summed E-state index contributed by atoms with van der Waals surface area (Å²) in [6, 6.07) is 8.76. The van der Waals surface area contributed by atoms with Gasteiger partial charge in [0, 0.05) is 5.54 Å². The number of sulfone groups is 1. The van der Waals surface area contributed by atoms with E-state index in [1.54, 1.807) is 24.3 Å². The van der Waals surface area contributed by atoms with Crippen LogP contribution >= 0.6 is 0 Å². The molecule has 0 unspecified atom stereocenters. The molecular formula is C14H21NO2S. The third kappa shape index (κ3) is 2.93. The lowest BCUT2D eigenvalue weighted by Gasteiger charge is -2.36. The van der Waals surface area contributed by atoms with Crippen LogP contribution in [0.4, 0.5) is 0 Å². The molecule has 0 heterocycles. The Kier molecular flexibility index (Phi) is 4.07. The number of benzene rings is 1. The molecule has 0 radical (unpaired) electrons. The van der Waals surface area contributed by atoms with Crippen molar-refractivity contribution >= 4 is 9.84 Å². The predicted octanol–water partition coefficient (Wildman–Crippen LogP) is 2.38. The van der Waals surface area contributed by atoms with Crippen molar-refractivity contribution in [3.8, 4) is 0 Å². The van der Waals surface area contributed by atoms with E-state index < -0.39 is 9.84 Å². The van der Waals surface area contributed by atoms with Crippen LogP contribution in [0.25, 0.3) is 0 Å². The fraction of sp³-hybridized carbons (Fsp3) is 0.571. The third-order valence-electron chi connectivity index (χ3n) is 3.91. The summed E-state index contributed by atoms with van der Waals surface area (Å²) in [5.74, 6) is 0.209. The number of rotatable bonds is 4. The van der Waals surface area contributed by atoms with Gasteiger partial charge in [0.15, 0.2) is 9.84 Å². The van der Waals surface area contributed by atoms with Crippen molar-refractivity contribution in [3.63, 3.8) is 0 Å². The van der Waals surface area contributed by atoms with E-state index in [9.17, 15) is 8.42 Å². The summed E-state index contributed by atoms with van der Waals surface area (Å²) in [4.78, 5) is 0.435. The fourth-order valence-electron chi connectivity index (χ4n) is 2.77. The van der Waals surface area contributed by atoms with Gasteiger partial charge in [0.1, 0.15) is 0 Å². The van der Waals surface area contributed by atoms with E-state index in [4.69, 9.17) is 0 Å². The highest BCUT2D eigenvalue weighted by Crippen LogP contribution is 2.30. The zero-order valence-electron chi connectivity index (χ0n) is 10.9. The summed E-state index contributed by atoms with van der Waals surface area (Å²) >= 11 is 0. The quantitative estimate of drug-likeness (QED) is 0.911. The largest absolute Gasteiger partial charge is 0.313 e. The molecule has 1 fully saturated rings. The molecule has 0 bridgehead atoms. The normalized spacial score (nSPS) is 19.6. The van der Waals surface area contributed by atoms with Crippen LogP contribution in [0.5, 0.6) is 0 Å². The maximum absolute atomic E-state index is 12.4. The lowest BCUT2D eigenvalue weighted by atomic mass is 9.83. The Labute approximate surface area is 110 Å². The van der Waals surface area contributed by atoms with Crippen molar-refractivity contribution in [2.24, 2.45) is 0 Å². The van der Waals surface area contributed by atoms with Gasteiger partial charge in [0.2, 0.25) is 0 Å². The number of hydrogen-bond acceptors (Lipinski definition) is 3. The van der Waals surface area contributed by atoms with E-state index in [2.05, 4.69) is 5.32 Å².